The second kappa shape index (κ2) is 8.23. The zero-order valence-electron chi connectivity index (χ0n) is 17.6. The predicted octanol–water partition coefficient (Wildman–Crippen LogP) is 3.49. The predicted molar refractivity (Wildman–Crippen MR) is 123 cm³/mol. The van der Waals surface area contributed by atoms with Crippen LogP contribution in [0.2, 0.25) is 0 Å². The normalized spacial score (nSPS) is 12.7. The molecule has 1 atom stereocenters. The third-order valence-corrected chi connectivity index (χ3v) is 6.99. The summed E-state index contributed by atoms with van der Waals surface area (Å²) in [6, 6.07) is 9.71. The number of carbonyl (C=O) groups is 1. The number of nitrogens with zero attached hydrogens (tertiary/aromatic N) is 2. The van der Waals surface area contributed by atoms with Gasteiger partial charge in [0.25, 0.3) is 0 Å². The van der Waals surface area contributed by atoms with Gasteiger partial charge in [-0.25, -0.2) is 8.42 Å². The minimum atomic E-state index is -3.70. The molecule has 3 aromatic rings. The van der Waals surface area contributed by atoms with Crippen molar-refractivity contribution >= 4 is 48.9 Å². The molecule has 9 heteroatoms. The molecule has 0 spiro atoms. The summed E-state index contributed by atoms with van der Waals surface area (Å²) in [5.74, 6) is -0.457. The number of carbonyl (C=O) groups excluding carboxylic acids is 1. The van der Waals surface area contributed by atoms with Gasteiger partial charge in [-0.15, -0.1) is 0 Å². The highest BCUT2D eigenvalue weighted by atomic mass is 32.2. The van der Waals surface area contributed by atoms with Crippen LogP contribution in [0.3, 0.4) is 0 Å². The van der Waals surface area contributed by atoms with Gasteiger partial charge in [0.2, 0.25) is 15.9 Å². The number of thiazole rings is 1. The van der Waals surface area contributed by atoms with Gasteiger partial charge in [-0.2, -0.15) is 0 Å². The summed E-state index contributed by atoms with van der Waals surface area (Å²) >= 11 is 1.11. The number of benzene rings is 2. The third-order valence-electron chi connectivity index (χ3n) is 4.80. The smallest absolute Gasteiger partial charge is 0.308 e. The third kappa shape index (κ3) is 4.41. The molecule has 30 heavy (non-hydrogen) atoms. The highest BCUT2D eigenvalue weighted by Crippen LogP contribution is 2.26. The zero-order valence-corrected chi connectivity index (χ0v) is 19.2. The van der Waals surface area contributed by atoms with Gasteiger partial charge >= 0.3 is 4.87 Å². The number of amides is 1. The molecule has 0 saturated carbocycles. The lowest BCUT2D eigenvalue weighted by Gasteiger charge is -2.28. The van der Waals surface area contributed by atoms with Gasteiger partial charge in [-0.05, 0) is 69.2 Å². The fourth-order valence-corrected chi connectivity index (χ4v) is 5.73. The molecule has 0 fully saturated rings. The van der Waals surface area contributed by atoms with Crippen LogP contribution in [0.5, 0.6) is 0 Å². The Morgan fingerprint density at radius 3 is 2.37 bits per heavy atom. The van der Waals surface area contributed by atoms with Gasteiger partial charge in [0.15, 0.2) is 0 Å². The molecule has 0 aliphatic heterocycles. The van der Waals surface area contributed by atoms with Crippen LogP contribution in [-0.2, 0) is 21.4 Å². The summed E-state index contributed by atoms with van der Waals surface area (Å²) < 4.78 is 28.6. The monoisotopic (exact) mass is 447 g/mol. The van der Waals surface area contributed by atoms with Gasteiger partial charge in [-0.1, -0.05) is 17.4 Å². The number of fused-ring (bicyclic) bond motifs is 1. The SMILES string of the molecule is CCn1c(=O)sc2cc(NC(=O)[C@H](C)N(c3cc(C)cc(C)c3)S(C)(=O)=O)ccc21. The largest absolute Gasteiger partial charge is 0.324 e. The highest BCUT2D eigenvalue weighted by Gasteiger charge is 2.29. The van der Waals surface area contributed by atoms with Crippen molar-refractivity contribution in [1.82, 2.24) is 4.57 Å². The second-order valence-electron chi connectivity index (χ2n) is 7.36. The lowest BCUT2D eigenvalue weighted by molar-refractivity contribution is -0.116. The highest BCUT2D eigenvalue weighted by molar-refractivity contribution is 7.92. The molecular weight excluding hydrogens is 422 g/mol. The Morgan fingerprint density at radius 2 is 1.80 bits per heavy atom. The van der Waals surface area contributed by atoms with E-state index in [0.717, 1.165) is 43.2 Å². The topological polar surface area (TPSA) is 88.5 Å². The van der Waals surface area contributed by atoms with Crippen molar-refractivity contribution in [1.29, 1.82) is 0 Å². The van der Waals surface area contributed by atoms with Crippen molar-refractivity contribution in [3.8, 4) is 0 Å². The molecule has 1 N–H and O–H groups in total. The molecule has 3 rings (SSSR count). The van der Waals surface area contributed by atoms with Crippen LogP contribution in [0.4, 0.5) is 11.4 Å². The molecule has 1 aromatic heterocycles. The minimum absolute atomic E-state index is 0.0533. The van der Waals surface area contributed by atoms with Crippen molar-refractivity contribution in [2.75, 3.05) is 15.9 Å². The number of sulfonamides is 1. The van der Waals surface area contributed by atoms with E-state index in [1.807, 2.05) is 26.8 Å². The average molecular weight is 448 g/mol. The molecule has 2 aromatic carbocycles. The molecule has 7 nitrogen and oxygen atoms in total. The van der Waals surface area contributed by atoms with Gasteiger partial charge in [0, 0.05) is 12.2 Å². The number of hydrogen-bond acceptors (Lipinski definition) is 5. The number of hydrogen-bond donors (Lipinski definition) is 1. The van der Waals surface area contributed by atoms with E-state index >= 15 is 0 Å². The van der Waals surface area contributed by atoms with Crippen molar-refractivity contribution in [3.05, 3.63) is 57.2 Å². The van der Waals surface area contributed by atoms with Gasteiger partial charge in [0.05, 0.1) is 22.2 Å². The number of anilines is 2. The van der Waals surface area contributed by atoms with Crippen molar-refractivity contribution in [2.24, 2.45) is 0 Å². The molecule has 0 saturated heterocycles. The quantitative estimate of drug-likeness (QED) is 0.626. The van der Waals surface area contributed by atoms with Crippen LogP contribution < -0.4 is 14.5 Å². The summed E-state index contributed by atoms with van der Waals surface area (Å²) in [4.78, 5) is 24.9. The summed E-state index contributed by atoms with van der Waals surface area (Å²) in [5, 5.41) is 2.78. The molecule has 1 heterocycles. The maximum absolute atomic E-state index is 12.9. The van der Waals surface area contributed by atoms with Gasteiger partial charge in [0.1, 0.15) is 6.04 Å². The maximum atomic E-state index is 12.9. The van der Waals surface area contributed by atoms with E-state index in [4.69, 9.17) is 0 Å². The average Bonchev–Trinajstić information content (AvgIpc) is 2.93. The second-order valence-corrected chi connectivity index (χ2v) is 10.2. The Morgan fingerprint density at radius 1 is 1.17 bits per heavy atom. The minimum Gasteiger partial charge on any atom is -0.324 e. The summed E-state index contributed by atoms with van der Waals surface area (Å²) in [5.41, 5.74) is 3.59. The lowest BCUT2D eigenvalue weighted by atomic mass is 10.1. The standard InChI is InChI=1S/C21H25N3O4S2/c1-6-23-18-8-7-16(12-19(18)29-21(23)26)22-20(25)15(4)24(30(5,27)28)17-10-13(2)9-14(3)11-17/h7-12,15H,6H2,1-5H3,(H,22,25)/t15-/m0/s1. The molecule has 0 radical (unpaired) electrons. The molecule has 0 aliphatic rings. The fourth-order valence-electron chi connectivity index (χ4n) is 3.58. The van der Waals surface area contributed by atoms with Gasteiger partial charge in [-0.3, -0.25) is 18.5 Å². The fraction of sp³-hybridized carbons (Fsp3) is 0.333. The van der Waals surface area contributed by atoms with Crippen molar-refractivity contribution in [2.45, 2.75) is 40.3 Å². The molecule has 1 amide bonds. The molecular formula is C21H25N3O4S2. The van der Waals surface area contributed by atoms with E-state index < -0.39 is 22.0 Å². The number of rotatable bonds is 6. The number of nitrogens with one attached hydrogen (secondary N) is 1. The Labute approximate surface area is 180 Å². The van der Waals surface area contributed by atoms with Gasteiger partial charge < -0.3 is 5.32 Å². The van der Waals surface area contributed by atoms with E-state index in [0.29, 0.717) is 17.9 Å². The first-order valence-electron chi connectivity index (χ1n) is 9.53. The van der Waals surface area contributed by atoms with E-state index in [1.165, 1.54) is 0 Å². The summed E-state index contributed by atoms with van der Waals surface area (Å²) in [7, 11) is -3.70. The van der Waals surface area contributed by atoms with Crippen LogP contribution in [0, 0.1) is 13.8 Å². The Hall–Kier alpha value is -2.65. The van der Waals surface area contributed by atoms with Crippen LogP contribution in [0.1, 0.15) is 25.0 Å². The van der Waals surface area contributed by atoms with E-state index in [9.17, 15) is 18.0 Å². The van der Waals surface area contributed by atoms with E-state index in [2.05, 4.69) is 5.32 Å². The first-order valence-corrected chi connectivity index (χ1v) is 12.2. The molecule has 0 unspecified atom stereocenters. The van der Waals surface area contributed by atoms with E-state index in [-0.39, 0.29) is 4.87 Å². The first kappa shape index (κ1) is 22.0. The lowest BCUT2D eigenvalue weighted by Crippen LogP contribution is -2.45. The molecule has 0 aliphatic carbocycles. The molecule has 160 valence electrons. The first-order chi connectivity index (χ1) is 14.0. The number of aryl methyl sites for hydroxylation is 3. The Balaban J connectivity index is 1.92. The molecule has 0 bridgehead atoms. The van der Waals surface area contributed by atoms with Crippen LogP contribution >= 0.6 is 11.3 Å². The maximum Gasteiger partial charge on any atom is 0.308 e. The van der Waals surface area contributed by atoms with Crippen molar-refractivity contribution < 1.29 is 13.2 Å². The summed E-state index contributed by atoms with van der Waals surface area (Å²) in [6.07, 6.45) is 1.09. The Bertz CT molecular complexity index is 1250. The van der Waals surface area contributed by atoms with Crippen LogP contribution in [0.15, 0.2) is 41.2 Å². The summed E-state index contributed by atoms with van der Waals surface area (Å²) in [6.45, 7) is 7.78. The van der Waals surface area contributed by atoms with E-state index in [1.54, 1.807) is 41.8 Å². The van der Waals surface area contributed by atoms with Crippen LogP contribution in [0.25, 0.3) is 10.2 Å². The zero-order chi connectivity index (χ0) is 22.2. The Kier molecular flexibility index (Phi) is 6.05. The number of aromatic nitrogens is 1. The van der Waals surface area contributed by atoms with Crippen LogP contribution in [-0.4, -0.2) is 31.2 Å². The van der Waals surface area contributed by atoms with Crippen molar-refractivity contribution in [3.63, 3.8) is 0 Å².